The first-order chi connectivity index (χ1) is 9.22. The second-order valence-electron chi connectivity index (χ2n) is 5.62. The first kappa shape index (κ1) is 13.0. The van der Waals surface area contributed by atoms with Gasteiger partial charge in [-0.15, -0.1) is 0 Å². The predicted octanol–water partition coefficient (Wildman–Crippen LogP) is 1.39. The van der Waals surface area contributed by atoms with Crippen LogP contribution < -0.4 is 5.32 Å². The summed E-state index contributed by atoms with van der Waals surface area (Å²) in [4.78, 5) is 2.52. The summed E-state index contributed by atoms with van der Waals surface area (Å²) in [6.07, 6.45) is 0. The molecule has 2 saturated heterocycles. The number of hydrogen-bond acceptors (Lipinski definition) is 3. The summed E-state index contributed by atoms with van der Waals surface area (Å²) in [6.45, 7) is 7.99. The summed E-state index contributed by atoms with van der Waals surface area (Å²) in [7, 11) is 0. The number of hydrogen-bond donors (Lipinski definition) is 1. The molecule has 0 saturated carbocycles. The van der Waals surface area contributed by atoms with E-state index < -0.39 is 0 Å². The first-order valence-electron chi connectivity index (χ1n) is 7.01. The molecular weight excluding hydrogens is 243 g/mol. The van der Waals surface area contributed by atoms with Crippen LogP contribution in [0.3, 0.4) is 0 Å². The van der Waals surface area contributed by atoms with Crippen molar-refractivity contribution in [2.75, 3.05) is 39.4 Å². The summed E-state index contributed by atoms with van der Waals surface area (Å²) in [5.74, 6) is -0.172. The highest BCUT2D eigenvalue weighted by atomic mass is 19.1. The van der Waals surface area contributed by atoms with Gasteiger partial charge in [-0.3, -0.25) is 4.90 Å². The van der Waals surface area contributed by atoms with Crippen LogP contribution in [-0.4, -0.2) is 50.3 Å². The molecule has 1 unspecified atom stereocenters. The number of nitrogens with zero attached hydrogens (tertiary/aromatic N) is 1. The normalized spacial score (nSPS) is 24.7. The highest BCUT2D eigenvalue weighted by Crippen LogP contribution is 2.38. The van der Waals surface area contributed by atoms with Crippen molar-refractivity contribution in [1.29, 1.82) is 0 Å². The van der Waals surface area contributed by atoms with Crippen molar-refractivity contribution < 1.29 is 9.13 Å². The molecular formula is C15H21FN2O. The molecule has 2 heterocycles. The zero-order valence-electron chi connectivity index (χ0n) is 11.4. The monoisotopic (exact) mass is 264 g/mol. The Morgan fingerprint density at radius 1 is 1.21 bits per heavy atom. The largest absolute Gasteiger partial charge is 0.379 e. The number of benzene rings is 1. The molecule has 0 radical (unpaired) electrons. The molecule has 1 atom stereocenters. The van der Waals surface area contributed by atoms with E-state index in [0.29, 0.717) is 6.04 Å². The van der Waals surface area contributed by atoms with Gasteiger partial charge in [0.25, 0.3) is 0 Å². The number of rotatable bonds is 3. The zero-order chi connectivity index (χ0) is 13.3. The summed E-state index contributed by atoms with van der Waals surface area (Å²) in [5.41, 5.74) is 1.23. The van der Waals surface area contributed by atoms with Gasteiger partial charge in [-0.25, -0.2) is 4.39 Å². The Morgan fingerprint density at radius 3 is 2.37 bits per heavy atom. The second-order valence-corrected chi connectivity index (χ2v) is 5.62. The molecule has 19 heavy (non-hydrogen) atoms. The van der Waals surface area contributed by atoms with Gasteiger partial charge in [0.2, 0.25) is 0 Å². The van der Waals surface area contributed by atoms with E-state index in [-0.39, 0.29) is 11.2 Å². The standard InChI is InChI=1S/C15H21FN2O/c1-12(18-8-6-17-7-9-18)15(10-19-11-15)13-2-4-14(16)5-3-13/h2-5,12,17H,6-11H2,1H3. The van der Waals surface area contributed by atoms with E-state index in [4.69, 9.17) is 4.74 Å². The summed E-state index contributed by atoms with van der Waals surface area (Å²) >= 11 is 0. The molecule has 0 bridgehead atoms. The van der Waals surface area contributed by atoms with Crippen LogP contribution >= 0.6 is 0 Å². The zero-order valence-corrected chi connectivity index (χ0v) is 11.4. The average molecular weight is 264 g/mol. The maximum absolute atomic E-state index is 13.1. The third-order valence-corrected chi connectivity index (χ3v) is 4.64. The van der Waals surface area contributed by atoms with Crippen molar-refractivity contribution in [1.82, 2.24) is 10.2 Å². The molecule has 1 aromatic carbocycles. The van der Waals surface area contributed by atoms with Gasteiger partial charge in [0, 0.05) is 32.2 Å². The number of nitrogens with one attached hydrogen (secondary N) is 1. The summed E-state index contributed by atoms with van der Waals surface area (Å²) in [5, 5.41) is 3.38. The average Bonchev–Trinajstić information content (AvgIpc) is 2.40. The van der Waals surface area contributed by atoms with E-state index in [1.165, 1.54) is 5.56 Å². The Labute approximate surface area is 113 Å². The molecule has 2 fully saturated rings. The smallest absolute Gasteiger partial charge is 0.123 e. The molecule has 3 nitrogen and oxygen atoms in total. The Morgan fingerprint density at radius 2 is 1.84 bits per heavy atom. The van der Waals surface area contributed by atoms with Crippen LogP contribution in [0.1, 0.15) is 12.5 Å². The van der Waals surface area contributed by atoms with Gasteiger partial charge in [-0.1, -0.05) is 12.1 Å². The first-order valence-corrected chi connectivity index (χ1v) is 7.01. The lowest BCUT2D eigenvalue weighted by atomic mass is 9.72. The number of ether oxygens (including phenoxy) is 1. The van der Waals surface area contributed by atoms with E-state index >= 15 is 0 Å². The third kappa shape index (κ3) is 2.29. The molecule has 104 valence electrons. The van der Waals surface area contributed by atoms with Gasteiger partial charge < -0.3 is 10.1 Å². The van der Waals surface area contributed by atoms with Crippen molar-refractivity contribution in [3.63, 3.8) is 0 Å². The van der Waals surface area contributed by atoms with Crippen LogP contribution in [0.15, 0.2) is 24.3 Å². The molecule has 0 amide bonds. The maximum Gasteiger partial charge on any atom is 0.123 e. The Hall–Kier alpha value is -0.970. The van der Waals surface area contributed by atoms with Crippen LogP contribution in [0.25, 0.3) is 0 Å². The molecule has 2 aliphatic rings. The minimum atomic E-state index is -0.172. The predicted molar refractivity (Wildman–Crippen MR) is 72.8 cm³/mol. The van der Waals surface area contributed by atoms with E-state index in [2.05, 4.69) is 17.1 Å². The van der Waals surface area contributed by atoms with E-state index in [1.54, 1.807) is 12.1 Å². The van der Waals surface area contributed by atoms with Crippen LogP contribution in [0, 0.1) is 5.82 Å². The fraction of sp³-hybridized carbons (Fsp3) is 0.600. The van der Waals surface area contributed by atoms with Gasteiger partial charge >= 0.3 is 0 Å². The van der Waals surface area contributed by atoms with Crippen LogP contribution in [0.2, 0.25) is 0 Å². The highest BCUT2D eigenvalue weighted by Gasteiger charge is 2.47. The van der Waals surface area contributed by atoms with Crippen molar-refractivity contribution in [3.8, 4) is 0 Å². The van der Waals surface area contributed by atoms with Gasteiger partial charge in [-0.05, 0) is 24.6 Å². The lowest BCUT2D eigenvalue weighted by molar-refractivity contribution is -0.100. The van der Waals surface area contributed by atoms with Gasteiger partial charge in [0.05, 0.1) is 18.6 Å². The molecule has 1 aromatic rings. The van der Waals surface area contributed by atoms with Gasteiger partial charge in [-0.2, -0.15) is 0 Å². The van der Waals surface area contributed by atoms with Crippen LogP contribution in [-0.2, 0) is 10.2 Å². The fourth-order valence-corrected chi connectivity index (χ4v) is 3.17. The summed E-state index contributed by atoms with van der Waals surface area (Å²) < 4.78 is 18.6. The fourth-order valence-electron chi connectivity index (χ4n) is 3.17. The minimum Gasteiger partial charge on any atom is -0.379 e. The molecule has 3 rings (SSSR count). The van der Waals surface area contributed by atoms with Crippen molar-refractivity contribution in [2.24, 2.45) is 0 Å². The molecule has 0 aliphatic carbocycles. The highest BCUT2D eigenvalue weighted by molar-refractivity contribution is 5.31. The Kier molecular flexibility index (Phi) is 3.56. The lowest BCUT2D eigenvalue weighted by Crippen LogP contribution is -2.62. The van der Waals surface area contributed by atoms with E-state index in [0.717, 1.165) is 39.4 Å². The minimum absolute atomic E-state index is 0.0328. The van der Waals surface area contributed by atoms with Crippen LogP contribution in [0.4, 0.5) is 4.39 Å². The maximum atomic E-state index is 13.1. The number of halogens is 1. The van der Waals surface area contributed by atoms with E-state index in [9.17, 15) is 4.39 Å². The number of piperazine rings is 1. The van der Waals surface area contributed by atoms with Crippen LogP contribution in [0.5, 0.6) is 0 Å². The van der Waals surface area contributed by atoms with E-state index in [1.807, 2.05) is 12.1 Å². The molecule has 0 spiro atoms. The topological polar surface area (TPSA) is 24.5 Å². The SMILES string of the molecule is CC(N1CCNCC1)C1(c2ccc(F)cc2)COC1. The van der Waals surface area contributed by atoms with Gasteiger partial charge in [0.1, 0.15) is 5.82 Å². The lowest BCUT2D eigenvalue weighted by Gasteiger charge is -2.51. The van der Waals surface area contributed by atoms with Crippen molar-refractivity contribution in [3.05, 3.63) is 35.6 Å². The summed E-state index contributed by atoms with van der Waals surface area (Å²) in [6, 6.07) is 7.36. The molecule has 1 N–H and O–H groups in total. The molecule has 4 heteroatoms. The van der Waals surface area contributed by atoms with Crippen molar-refractivity contribution in [2.45, 2.75) is 18.4 Å². The Bertz CT molecular complexity index is 424. The van der Waals surface area contributed by atoms with Gasteiger partial charge in [0.15, 0.2) is 0 Å². The Balaban J connectivity index is 1.83. The molecule has 0 aromatic heterocycles. The van der Waals surface area contributed by atoms with Crippen molar-refractivity contribution >= 4 is 0 Å². The second kappa shape index (κ2) is 5.19. The quantitative estimate of drug-likeness (QED) is 0.893. The third-order valence-electron chi connectivity index (χ3n) is 4.64. The molecule has 2 aliphatic heterocycles.